The van der Waals surface area contributed by atoms with E-state index >= 15 is 0 Å². The number of nitriles is 1. The molecule has 4 aliphatic rings. The van der Waals surface area contributed by atoms with Crippen LogP contribution in [0.4, 0.5) is 18.9 Å². The van der Waals surface area contributed by atoms with E-state index in [4.69, 9.17) is 12.2 Å². The first kappa shape index (κ1) is 42.5. The second-order valence-corrected chi connectivity index (χ2v) is 17.8. The number of halogens is 3. The maximum atomic E-state index is 13.7. The molecule has 3 aliphatic heterocycles. The zero-order valence-corrected chi connectivity index (χ0v) is 34.2. The van der Waals surface area contributed by atoms with E-state index in [2.05, 4.69) is 24.1 Å². The van der Waals surface area contributed by atoms with Crippen molar-refractivity contribution in [2.45, 2.75) is 141 Å². The number of Topliss-reactive ketones (excluding diaryl/α,β-unsaturated/α-hetero) is 1. The summed E-state index contributed by atoms with van der Waals surface area (Å²) in [5.41, 5.74) is -0.629. The number of amides is 3. The Morgan fingerprint density at radius 1 is 0.947 bits per heavy atom. The van der Waals surface area contributed by atoms with E-state index in [1.165, 1.54) is 11.0 Å². The first-order valence-electron chi connectivity index (χ1n) is 20.4. The molecule has 9 nitrogen and oxygen atoms in total. The number of benzene rings is 2. The van der Waals surface area contributed by atoms with Crippen molar-refractivity contribution >= 4 is 46.5 Å². The van der Waals surface area contributed by atoms with Gasteiger partial charge in [0.2, 0.25) is 11.8 Å². The van der Waals surface area contributed by atoms with Gasteiger partial charge in [-0.15, -0.1) is 0 Å². The van der Waals surface area contributed by atoms with Gasteiger partial charge in [0.25, 0.3) is 5.91 Å². The number of rotatable bonds is 12. The lowest BCUT2D eigenvalue weighted by Gasteiger charge is -2.43. The van der Waals surface area contributed by atoms with E-state index in [0.29, 0.717) is 56.1 Å². The summed E-state index contributed by atoms with van der Waals surface area (Å²) in [6.07, 6.45) is 6.27. The van der Waals surface area contributed by atoms with Gasteiger partial charge < -0.3 is 4.90 Å². The zero-order chi connectivity index (χ0) is 41.2. The fraction of sp³-hybridized carbons (Fsp3) is 0.591. The second kappa shape index (κ2) is 17.4. The molecule has 6 rings (SSSR count). The largest absolute Gasteiger partial charge is 0.417 e. The number of carbonyl (C=O) groups is 4. The number of hydrogen-bond donors (Lipinski definition) is 1. The molecule has 0 aromatic heterocycles. The Kier molecular flexibility index (Phi) is 12.9. The van der Waals surface area contributed by atoms with Crippen molar-refractivity contribution < 1.29 is 32.3 Å². The molecule has 3 saturated heterocycles. The summed E-state index contributed by atoms with van der Waals surface area (Å²) < 4.78 is 41.2. The molecule has 0 spiro atoms. The summed E-state index contributed by atoms with van der Waals surface area (Å²) >= 11 is 5.78. The van der Waals surface area contributed by atoms with E-state index < -0.39 is 22.8 Å². The number of anilines is 1. The van der Waals surface area contributed by atoms with Crippen LogP contribution >= 0.6 is 12.2 Å². The molecule has 306 valence electrons. The van der Waals surface area contributed by atoms with E-state index in [9.17, 15) is 37.6 Å². The molecule has 4 atom stereocenters. The minimum atomic E-state index is -4.74. The Morgan fingerprint density at radius 2 is 1.61 bits per heavy atom. The van der Waals surface area contributed by atoms with Crippen LogP contribution in [0, 0.1) is 29.1 Å². The molecule has 2 aromatic carbocycles. The summed E-state index contributed by atoms with van der Waals surface area (Å²) in [5.74, 6) is 0.304. The van der Waals surface area contributed by atoms with Gasteiger partial charge in [-0.25, -0.2) is 0 Å². The number of hydrogen-bond acceptors (Lipinski definition) is 7. The Bertz CT molecular complexity index is 1910. The number of piperidine rings is 2. The molecule has 1 saturated carbocycles. The van der Waals surface area contributed by atoms with E-state index in [-0.39, 0.29) is 46.3 Å². The molecule has 3 amide bonds. The normalized spacial score (nSPS) is 27.1. The molecule has 13 heteroatoms. The van der Waals surface area contributed by atoms with Crippen LogP contribution < -0.4 is 10.2 Å². The van der Waals surface area contributed by atoms with Crippen molar-refractivity contribution in [1.29, 1.82) is 5.26 Å². The summed E-state index contributed by atoms with van der Waals surface area (Å²) in [6, 6.07) is 13.4. The van der Waals surface area contributed by atoms with Crippen LogP contribution in [0.1, 0.15) is 121 Å². The third-order valence-corrected chi connectivity index (χ3v) is 13.3. The summed E-state index contributed by atoms with van der Waals surface area (Å²) in [7, 11) is 0. The lowest BCUT2D eigenvalue weighted by molar-refractivity contribution is -0.138. The number of thiocarbonyl (C=S) groups is 1. The number of ketones is 1. The Balaban J connectivity index is 0.943. The highest BCUT2D eigenvalue weighted by Gasteiger charge is 2.52. The number of alkyl halides is 3. The van der Waals surface area contributed by atoms with Crippen LogP contribution in [-0.2, 0) is 38.2 Å². The van der Waals surface area contributed by atoms with Gasteiger partial charge in [-0.3, -0.25) is 34.3 Å². The monoisotopic (exact) mass is 805 g/mol. The highest BCUT2D eigenvalue weighted by molar-refractivity contribution is 7.80. The lowest BCUT2D eigenvalue weighted by Crippen LogP contribution is -2.51. The van der Waals surface area contributed by atoms with Crippen LogP contribution in [0.2, 0.25) is 0 Å². The SMILES string of the molecule is C[C@@H]1CC(CCCC2CCC(N3C(=S)N(c4ccc(C#N)c(C(F)(F)F)c4)C(=O)C3(C)C)CC2)C[C@H](C)N1CC(=O)Cc1cccc(C[C@H]2CCC(=O)NC2=O)c1. The van der Waals surface area contributed by atoms with Gasteiger partial charge in [-0.2, -0.15) is 18.4 Å². The van der Waals surface area contributed by atoms with Crippen molar-refractivity contribution in [3.05, 3.63) is 64.7 Å². The van der Waals surface area contributed by atoms with Crippen molar-refractivity contribution in [1.82, 2.24) is 15.1 Å². The molecule has 1 unspecified atom stereocenters. The molecule has 0 radical (unpaired) electrons. The highest BCUT2D eigenvalue weighted by Crippen LogP contribution is 2.42. The zero-order valence-electron chi connectivity index (χ0n) is 33.4. The highest BCUT2D eigenvalue weighted by atomic mass is 32.1. The van der Waals surface area contributed by atoms with Gasteiger partial charge in [-0.05, 0) is 132 Å². The van der Waals surface area contributed by atoms with Gasteiger partial charge in [-0.1, -0.05) is 43.5 Å². The molecule has 57 heavy (non-hydrogen) atoms. The lowest BCUT2D eigenvalue weighted by atomic mass is 9.79. The van der Waals surface area contributed by atoms with Crippen molar-refractivity contribution in [2.24, 2.45) is 17.8 Å². The predicted molar refractivity (Wildman–Crippen MR) is 215 cm³/mol. The molecule has 1 N–H and O–H groups in total. The molecule has 3 heterocycles. The Labute approximate surface area is 339 Å². The van der Waals surface area contributed by atoms with Gasteiger partial charge in [0, 0.05) is 36.9 Å². The number of nitrogens with one attached hydrogen (secondary N) is 1. The molecular formula is C44H54F3N5O4S. The third-order valence-electron chi connectivity index (χ3n) is 12.9. The maximum Gasteiger partial charge on any atom is 0.417 e. The molecule has 2 aromatic rings. The Morgan fingerprint density at radius 3 is 2.26 bits per heavy atom. The minimum absolute atomic E-state index is 0.00804. The van der Waals surface area contributed by atoms with Gasteiger partial charge in [0.1, 0.15) is 5.54 Å². The first-order valence-corrected chi connectivity index (χ1v) is 20.8. The summed E-state index contributed by atoms with van der Waals surface area (Å²) in [5, 5.41) is 11.9. The molecule has 0 bridgehead atoms. The molecular weight excluding hydrogens is 752 g/mol. The van der Waals surface area contributed by atoms with Crippen LogP contribution in [0.15, 0.2) is 42.5 Å². The van der Waals surface area contributed by atoms with Gasteiger partial charge in [0.15, 0.2) is 10.9 Å². The minimum Gasteiger partial charge on any atom is -0.331 e. The van der Waals surface area contributed by atoms with Crippen LogP contribution in [0.25, 0.3) is 0 Å². The van der Waals surface area contributed by atoms with Gasteiger partial charge >= 0.3 is 6.18 Å². The smallest absolute Gasteiger partial charge is 0.331 e. The average Bonchev–Trinajstić information content (AvgIpc) is 3.32. The topological polar surface area (TPSA) is 114 Å². The average molecular weight is 806 g/mol. The Hall–Kier alpha value is -4.15. The summed E-state index contributed by atoms with van der Waals surface area (Å²) in [4.78, 5) is 56.2. The second-order valence-electron chi connectivity index (χ2n) is 17.4. The first-order chi connectivity index (χ1) is 27.0. The number of imide groups is 1. The fourth-order valence-corrected chi connectivity index (χ4v) is 10.5. The fourth-order valence-electron chi connectivity index (χ4n) is 9.93. The molecule has 4 fully saturated rings. The van der Waals surface area contributed by atoms with Crippen molar-refractivity contribution in [3.63, 3.8) is 0 Å². The van der Waals surface area contributed by atoms with E-state index in [0.717, 1.165) is 81.0 Å². The number of carbonyl (C=O) groups excluding carboxylic acids is 4. The number of likely N-dealkylation sites (tertiary alicyclic amines) is 1. The number of nitrogens with zero attached hydrogens (tertiary/aromatic N) is 4. The third kappa shape index (κ3) is 9.60. The molecule has 1 aliphatic carbocycles. The van der Waals surface area contributed by atoms with E-state index in [1.807, 2.05) is 29.2 Å². The van der Waals surface area contributed by atoms with Gasteiger partial charge in [0.05, 0.1) is 29.4 Å². The van der Waals surface area contributed by atoms with Crippen LogP contribution in [0.5, 0.6) is 0 Å². The van der Waals surface area contributed by atoms with Crippen molar-refractivity contribution in [3.8, 4) is 6.07 Å². The summed E-state index contributed by atoms with van der Waals surface area (Å²) in [6.45, 7) is 8.42. The predicted octanol–water partition coefficient (Wildman–Crippen LogP) is 7.91. The van der Waals surface area contributed by atoms with Crippen molar-refractivity contribution in [2.75, 3.05) is 11.4 Å². The standard InChI is InChI=1S/C44H54F3N5O4S/c1-27-19-30(20-28(2)50(27)26-37(53)23-32-10-6-9-31(21-32)22-33-14-18-39(54)49-40(33)55)8-5-7-29-11-15-35(16-12-29)52-42(57)51(41(56)43(52,3)4)36-17-13-34(25-48)38(24-36)44(45,46)47/h6,9-10,13,17,21,24,27-30,33,35H,5,7-8,11-12,14-16,18-20,22-23,26H2,1-4H3,(H,49,54,55)/t27-,28+,29?,30?,33-,35?/m1/s1. The maximum absolute atomic E-state index is 13.7. The van der Waals surface area contributed by atoms with Crippen LogP contribution in [-0.4, -0.2) is 68.6 Å². The van der Waals surface area contributed by atoms with Crippen LogP contribution in [0.3, 0.4) is 0 Å². The van der Waals surface area contributed by atoms with E-state index in [1.54, 1.807) is 19.9 Å². The quantitative estimate of drug-likeness (QED) is 0.170.